The van der Waals surface area contributed by atoms with Crippen molar-refractivity contribution in [1.82, 2.24) is 10.2 Å². The van der Waals surface area contributed by atoms with Crippen molar-refractivity contribution in [2.24, 2.45) is 27.9 Å². The molecular formula is C22H43N3O6. The van der Waals surface area contributed by atoms with Crippen LogP contribution < -0.4 is 11.1 Å². The summed E-state index contributed by atoms with van der Waals surface area (Å²) in [4.78, 5) is 38.8. The Labute approximate surface area is 186 Å². The van der Waals surface area contributed by atoms with Gasteiger partial charge in [-0.15, -0.1) is 0 Å². The number of rotatable bonds is 11. The van der Waals surface area contributed by atoms with E-state index in [1.54, 1.807) is 62.3 Å². The van der Waals surface area contributed by atoms with E-state index in [1.807, 2.05) is 0 Å². The first kappa shape index (κ1) is 29.3. The predicted molar refractivity (Wildman–Crippen MR) is 120 cm³/mol. The highest BCUT2D eigenvalue weighted by Gasteiger charge is 2.53. The Bertz CT molecular complexity index is 599. The van der Waals surface area contributed by atoms with Gasteiger partial charge in [0.2, 0.25) is 0 Å². The second-order valence-electron chi connectivity index (χ2n) is 11.4. The van der Waals surface area contributed by atoms with Crippen LogP contribution in [0.5, 0.6) is 0 Å². The van der Waals surface area contributed by atoms with Crippen molar-refractivity contribution in [3.63, 3.8) is 0 Å². The average molecular weight is 446 g/mol. The molecule has 0 aromatic carbocycles. The lowest BCUT2D eigenvalue weighted by Gasteiger charge is -2.51. The fraction of sp³-hybridized carbons (Fsp3) is 0.864. The summed E-state index contributed by atoms with van der Waals surface area (Å²) in [7, 11) is 0. The molecule has 182 valence electrons. The summed E-state index contributed by atoms with van der Waals surface area (Å²) in [5, 5.41) is 33.6. The average Bonchev–Trinajstić information content (AvgIpc) is 2.48. The normalized spacial score (nSPS) is 17.1. The van der Waals surface area contributed by atoms with E-state index >= 15 is 0 Å². The van der Waals surface area contributed by atoms with Crippen LogP contribution in [0, 0.1) is 22.2 Å². The highest BCUT2D eigenvalue weighted by Crippen LogP contribution is 2.40. The van der Waals surface area contributed by atoms with Crippen LogP contribution in [-0.4, -0.2) is 75.9 Å². The zero-order valence-corrected chi connectivity index (χ0v) is 20.5. The first-order chi connectivity index (χ1) is 13.8. The number of carbonyl (C=O) groups is 3. The van der Waals surface area contributed by atoms with Crippen LogP contribution >= 0.6 is 0 Å². The van der Waals surface area contributed by atoms with Crippen LogP contribution in [0.1, 0.15) is 62.3 Å². The van der Waals surface area contributed by atoms with E-state index in [0.717, 1.165) is 0 Å². The van der Waals surface area contributed by atoms with Gasteiger partial charge in [0.15, 0.2) is 0 Å². The Morgan fingerprint density at radius 2 is 1.16 bits per heavy atom. The summed E-state index contributed by atoms with van der Waals surface area (Å²) in [5.74, 6) is -4.52. The van der Waals surface area contributed by atoms with Crippen LogP contribution in [-0.2, 0) is 14.4 Å². The monoisotopic (exact) mass is 445 g/mol. The Hall–Kier alpha value is -1.71. The molecule has 9 heteroatoms. The van der Waals surface area contributed by atoms with E-state index in [9.17, 15) is 29.7 Å². The minimum atomic E-state index is -1.23. The largest absolute Gasteiger partial charge is 0.481 e. The summed E-state index contributed by atoms with van der Waals surface area (Å²) in [6.45, 7) is 16.4. The molecular weight excluding hydrogens is 402 g/mol. The van der Waals surface area contributed by atoms with E-state index in [4.69, 9.17) is 5.73 Å². The third-order valence-corrected chi connectivity index (χ3v) is 5.35. The number of aliphatic carboxylic acids is 3. The molecule has 0 aromatic rings. The second-order valence-corrected chi connectivity index (χ2v) is 11.4. The Kier molecular flexibility index (Phi) is 10.1. The Balaban J connectivity index is 7.14. The van der Waals surface area contributed by atoms with Gasteiger partial charge < -0.3 is 26.4 Å². The molecule has 0 aromatic heterocycles. The summed E-state index contributed by atoms with van der Waals surface area (Å²) in [6.07, 6.45) is 0. The standard InChI is InChI=1S/C22H43N3O6/c1-20(2,3)14(17(26)27)13(12-24-11-10-23)25(15(18(28)29)21(4,5)6)16(19(30)31)22(7,8)9/h13-16,24H,10-12,23H2,1-9H3,(H,26,27)(H,28,29)(H,30,31). The lowest BCUT2D eigenvalue weighted by atomic mass is 9.72. The lowest BCUT2D eigenvalue weighted by molar-refractivity contribution is -0.171. The van der Waals surface area contributed by atoms with E-state index < -0.39 is 58.2 Å². The van der Waals surface area contributed by atoms with Gasteiger partial charge >= 0.3 is 17.9 Å². The van der Waals surface area contributed by atoms with Gasteiger partial charge in [-0.3, -0.25) is 19.3 Å². The van der Waals surface area contributed by atoms with Gasteiger partial charge in [-0.1, -0.05) is 62.3 Å². The zero-order valence-electron chi connectivity index (χ0n) is 20.5. The highest BCUT2D eigenvalue weighted by molar-refractivity contribution is 5.79. The molecule has 0 radical (unpaired) electrons. The molecule has 0 saturated heterocycles. The zero-order chi connectivity index (χ0) is 24.9. The SMILES string of the molecule is CC(C)(C)C(C(=O)O)C(CNCCN)N(C(C(=O)O)C(C)(C)C)C(C(=O)O)C(C)(C)C. The maximum Gasteiger partial charge on any atom is 0.321 e. The first-order valence-corrected chi connectivity index (χ1v) is 10.6. The minimum absolute atomic E-state index is 0.0884. The molecule has 0 aliphatic rings. The number of carboxylic acid groups (broad SMARTS) is 3. The molecule has 0 bridgehead atoms. The van der Waals surface area contributed by atoms with Crippen molar-refractivity contribution >= 4 is 17.9 Å². The van der Waals surface area contributed by atoms with Gasteiger partial charge in [-0.2, -0.15) is 0 Å². The summed E-state index contributed by atoms with van der Waals surface area (Å²) >= 11 is 0. The second kappa shape index (κ2) is 10.7. The Morgan fingerprint density at radius 3 is 1.39 bits per heavy atom. The topological polar surface area (TPSA) is 153 Å². The number of hydrogen-bond acceptors (Lipinski definition) is 6. The van der Waals surface area contributed by atoms with Crippen molar-refractivity contribution in [2.45, 2.75) is 80.4 Å². The summed E-state index contributed by atoms with van der Waals surface area (Å²) in [5.41, 5.74) is 3.10. The number of hydrogen-bond donors (Lipinski definition) is 5. The summed E-state index contributed by atoms with van der Waals surface area (Å²) in [6, 6.07) is -3.38. The first-order valence-electron chi connectivity index (χ1n) is 10.6. The van der Waals surface area contributed by atoms with Crippen molar-refractivity contribution in [3.05, 3.63) is 0 Å². The number of nitrogens with one attached hydrogen (secondary N) is 1. The molecule has 4 unspecified atom stereocenters. The highest BCUT2D eigenvalue weighted by atomic mass is 16.4. The molecule has 9 nitrogen and oxygen atoms in total. The smallest absolute Gasteiger partial charge is 0.321 e. The molecule has 31 heavy (non-hydrogen) atoms. The third kappa shape index (κ3) is 8.05. The molecule has 4 atom stereocenters. The third-order valence-electron chi connectivity index (χ3n) is 5.35. The molecule has 0 aliphatic heterocycles. The van der Waals surface area contributed by atoms with Gasteiger partial charge in [0, 0.05) is 25.7 Å². The van der Waals surface area contributed by atoms with E-state index in [1.165, 1.54) is 4.90 Å². The molecule has 0 heterocycles. The number of carboxylic acids is 3. The molecule has 0 spiro atoms. The fourth-order valence-corrected chi connectivity index (χ4v) is 4.28. The van der Waals surface area contributed by atoms with Crippen LogP contribution in [0.4, 0.5) is 0 Å². The van der Waals surface area contributed by atoms with Crippen LogP contribution in [0.25, 0.3) is 0 Å². The van der Waals surface area contributed by atoms with Gasteiger partial charge in [0.05, 0.1) is 5.92 Å². The van der Waals surface area contributed by atoms with Crippen molar-refractivity contribution in [3.8, 4) is 0 Å². The van der Waals surface area contributed by atoms with Crippen molar-refractivity contribution < 1.29 is 29.7 Å². The predicted octanol–water partition coefficient (Wildman–Crippen LogP) is 1.95. The maximum absolute atomic E-state index is 12.5. The van der Waals surface area contributed by atoms with E-state index in [0.29, 0.717) is 13.1 Å². The lowest BCUT2D eigenvalue weighted by Crippen LogP contribution is -2.67. The van der Waals surface area contributed by atoms with E-state index in [-0.39, 0.29) is 6.54 Å². The van der Waals surface area contributed by atoms with Crippen LogP contribution in [0.2, 0.25) is 0 Å². The number of nitrogens with zero attached hydrogens (tertiary/aromatic N) is 1. The number of nitrogens with two attached hydrogens (primary N) is 1. The van der Waals surface area contributed by atoms with Crippen LogP contribution in [0.3, 0.4) is 0 Å². The van der Waals surface area contributed by atoms with Gasteiger partial charge in [0.1, 0.15) is 12.1 Å². The molecule has 0 aliphatic carbocycles. The molecule has 0 amide bonds. The van der Waals surface area contributed by atoms with Gasteiger partial charge in [-0.25, -0.2) is 0 Å². The quantitative estimate of drug-likeness (QED) is 0.300. The van der Waals surface area contributed by atoms with Gasteiger partial charge in [-0.05, 0) is 16.2 Å². The molecule has 0 saturated carbocycles. The Morgan fingerprint density at radius 1 is 0.774 bits per heavy atom. The fourth-order valence-electron chi connectivity index (χ4n) is 4.28. The van der Waals surface area contributed by atoms with Crippen molar-refractivity contribution in [2.75, 3.05) is 19.6 Å². The molecule has 0 rings (SSSR count). The van der Waals surface area contributed by atoms with Crippen molar-refractivity contribution in [1.29, 1.82) is 0 Å². The minimum Gasteiger partial charge on any atom is -0.481 e. The molecule has 6 N–H and O–H groups in total. The van der Waals surface area contributed by atoms with Crippen LogP contribution in [0.15, 0.2) is 0 Å². The van der Waals surface area contributed by atoms with E-state index in [2.05, 4.69) is 5.32 Å². The maximum atomic E-state index is 12.5. The molecule has 0 fully saturated rings. The van der Waals surface area contributed by atoms with Gasteiger partial charge in [0.25, 0.3) is 0 Å². The summed E-state index contributed by atoms with van der Waals surface area (Å²) < 4.78 is 0.